The molecule has 0 saturated heterocycles. The van der Waals surface area contributed by atoms with Crippen molar-refractivity contribution in [3.8, 4) is 0 Å². The van der Waals surface area contributed by atoms with Gasteiger partial charge in [0.25, 0.3) is 0 Å². The Morgan fingerprint density at radius 2 is 2.47 bits per heavy atom. The van der Waals surface area contributed by atoms with Gasteiger partial charge in [-0.3, -0.25) is 0 Å². The van der Waals surface area contributed by atoms with E-state index in [4.69, 9.17) is 9.15 Å². The lowest BCUT2D eigenvalue weighted by molar-refractivity contribution is 0.209. The lowest BCUT2D eigenvalue weighted by Crippen LogP contribution is -2.42. The highest BCUT2D eigenvalue weighted by molar-refractivity contribution is 5.78. The van der Waals surface area contributed by atoms with Crippen molar-refractivity contribution in [1.82, 2.24) is 10.6 Å². The van der Waals surface area contributed by atoms with Gasteiger partial charge in [0.2, 0.25) is 0 Å². The number of nitrogens with one attached hydrogen (secondary N) is 2. The predicted octanol–water partition coefficient (Wildman–Crippen LogP) is 1.16. The van der Waals surface area contributed by atoms with E-state index in [1.165, 1.54) is 0 Å². The molecule has 15 heavy (non-hydrogen) atoms. The Labute approximate surface area is 87.1 Å². The third-order valence-corrected chi connectivity index (χ3v) is 2.08. The summed E-state index contributed by atoms with van der Waals surface area (Å²) in [6.45, 7) is 0.380. The standard InChI is InChI=1S/C10H12N2O3/c1-14-6-7-5-8(12-10(13)11-7)9-3-2-4-15-9/h2-5,8H,6H2,1H3,(H2,11,12,13). The van der Waals surface area contributed by atoms with Crippen LogP contribution in [-0.2, 0) is 4.74 Å². The highest BCUT2D eigenvalue weighted by atomic mass is 16.5. The molecule has 0 aliphatic carbocycles. The minimum absolute atomic E-state index is 0.223. The van der Waals surface area contributed by atoms with Gasteiger partial charge in [-0.05, 0) is 18.2 Å². The fraction of sp³-hybridized carbons (Fsp3) is 0.300. The molecule has 0 saturated carbocycles. The van der Waals surface area contributed by atoms with E-state index in [0.29, 0.717) is 12.4 Å². The minimum atomic E-state index is -0.244. The predicted molar refractivity (Wildman–Crippen MR) is 53.1 cm³/mol. The first-order valence-electron chi connectivity index (χ1n) is 4.60. The molecule has 0 fully saturated rings. The smallest absolute Gasteiger partial charge is 0.319 e. The monoisotopic (exact) mass is 208 g/mol. The van der Waals surface area contributed by atoms with Crippen LogP contribution in [0, 0.1) is 0 Å². The maximum Gasteiger partial charge on any atom is 0.319 e. The summed E-state index contributed by atoms with van der Waals surface area (Å²) in [6, 6.07) is 3.13. The molecule has 2 rings (SSSR count). The minimum Gasteiger partial charge on any atom is -0.467 e. The van der Waals surface area contributed by atoms with Crippen molar-refractivity contribution in [2.75, 3.05) is 13.7 Å². The van der Waals surface area contributed by atoms with Crippen LogP contribution >= 0.6 is 0 Å². The number of amides is 2. The van der Waals surface area contributed by atoms with Crippen LogP contribution in [0.3, 0.4) is 0 Å². The van der Waals surface area contributed by atoms with E-state index in [9.17, 15) is 4.79 Å². The van der Waals surface area contributed by atoms with Gasteiger partial charge in [-0.15, -0.1) is 0 Å². The average molecular weight is 208 g/mol. The molecular formula is C10H12N2O3. The molecular weight excluding hydrogens is 196 g/mol. The second-order valence-corrected chi connectivity index (χ2v) is 3.22. The Balaban J connectivity index is 2.18. The fourth-order valence-corrected chi connectivity index (χ4v) is 1.47. The third kappa shape index (κ3) is 2.19. The highest BCUT2D eigenvalue weighted by Gasteiger charge is 2.20. The number of carbonyl (C=O) groups is 1. The van der Waals surface area contributed by atoms with Crippen LogP contribution < -0.4 is 10.6 Å². The van der Waals surface area contributed by atoms with Gasteiger partial charge in [-0.25, -0.2) is 4.79 Å². The summed E-state index contributed by atoms with van der Waals surface area (Å²) in [5, 5.41) is 5.39. The molecule has 2 amide bonds. The number of hydrogen-bond acceptors (Lipinski definition) is 3. The van der Waals surface area contributed by atoms with E-state index in [0.717, 1.165) is 5.70 Å². The summed E-state index contributed by atoms with van der Waals surface area (Å²) in [5.41, 5.74) is 0.739. The zero-order valence-corrected chi connectivity index (χ0v) is 8.32. The molecule has 1 unspecified atom stereocenters. The van der Waals surface area contributed by atoms with Crippen LogP contribution in [0.4, 0.5) is 4.79 Å². The quantitative estimate of drug-likeness (QED) is 0.783. The fourth-order valence-electron chi connectivity index (χ4n) is 1.47. The summed E-state index contributed by atoms with van der Waals surface area (Å²) < 4.78 is 10.2. The largest absolute Gasteiger partial charge is 0.467 e. The SMILES string of the molecule is COCC1=CC(c2ccco2)NC(=O)N1. The number of carbonyl (C=O) groups excluding carboxylic acids is 1. The summed E-state index contributed by atoms with van der Waals surface area (Å²) >= 11 is 0. The van der Waals surface area contributed by atoms with Crippen molar-refractivity contribution in [3.05, 3.63) is 35.9 Å². The number of hydrogen-bond donors (Lipinski definition) is 2. The average Bonchev–Trinajstić information content (AvgIpc) is 2.70. The molecule has 80 valence electrons. The Hall–Kier alpha value is -1.75. The van der Waals surface area contributed by atoms with E-state index in [1.807, 2.05) is 12.1 Å². The maximum absolute atomic E-state index is 11.3. The topological polar surface area (TPSA) is 63.5 Å². The number of ether oxygens (including phenoxy) is 1. The van der Waals surface area contributed by atoms with Crippen LogP contribution in [0.15, 0.2) is 34.6 Å². The van der Waals surface area contributed by atoms with Gasteiger partial charge in [-0.2, -0.15) is 0 Å². The van der Waals surface area contributed by atoms with E-state index >= 15 is 0 Å². The molecule has 1 aromatic rings. The molecule has 2 heterocycles. The van der Waals surface area contributed by atoms with Crippen LogP contribution in [0.1, 0.15) is 11.8 Å². The van der Waals surface area contributed by atoms with Gasteiger partial charge in [0.15, 0.2) is 0 Å². The first kappa shape index (κ1) is 9.79. The van der Waals surface area contributed by atoms with Crippen molar-refractivity contribution in [2.24, 2.45) is 0 Å². The second kappa shape index (κ2) is 4.18. The van der Waals surface area contributed by atoms with Crippen molar-refractivity contribution in [2.45, 2.75) is 6.04 Å². The molecule has 1 aliphatic heterocycles. The summed E-state index contributed by atoms with van der Waals surface area (Å²) in [6.07, 6.45) is 3.44. The Morgan fingerprint density at radius 1 is 1.60 bits per heavy atom. The molecule has 0 bridgehead atoms. The third-order valence-electron chi connectivity index (χ3n) is 2.08. The summed E-state index contributed by atoms with van der Waals surface area (Å²) in [5.74, 6) is 0.707. The van der Waals surface area contributed by atoms with Crippen molar-refractivity contribution >= 4 is 6.03 Å². The van der Waals surface area contributed by atoms with Gasteiger partial charge in [-0.1, -0.05) is 0 Å². The molecule has 2 N–H and O–H groups in total. The zero-order valence-electron chi connectivity index (χ0n) is 8.32. The first-order chi connectivity index (χ1) is 7.29. The van der Waals surface area contributed by atoms with Crippen LogP contribution in [-0.4, -0.2) is 19.7 Å². The maximum atomic E-state index is 11.3. The highest BCUT2D eigenvalue weighted by Crippen LogP contribution is 2.18. The van der Waals surface area contributed by atoms with E-state index in [-0.39, 0.29) is 12.1 Å². The van der Waals surface area contributed by atoms with Gasteiger partial charge in [0, 0.05) is 12.8 Å². The number of methoxy groups -OCH3 is 1. The van der Waals surface area contributed by atoms with E-state index in [2.05, 4.69) is 10.6 Å². The molecule has 1 aliphatic rings. The zero-order chi connectivity index (χ0) is 10.7. The number of rotatable bonds is 3. The lowest BCUT2D eigenvalue weighted by Gasteiger charge is -2.21. The van der Waals surface area contributed by atoms with E-state index in [1.54, 1.807) is 19.4 Å². The lowest BCUT2D eigenvalue weighted by atomic mass is 10.1. The number of furan rings is 1. The Morgan fingerprint density at radius 3 is 3.13 bits per heavy atom. The molecule has 5 heteroatoms. The van der Waals surface area contributed by atoms with Gasteiger partial charge >= 0.3 is 6.03 Å². The first-order valence-corrected chi connectivity index (χ1v) is 4.60. The normalized spacial score (nSPS) is 20.5. The Bertz CT molecular complexity index is 370. The van der Waals surface area contributed by atoms with Gasteiger partial charge in [0.1, 0.15) is 11.8 Å². The van der Waals surface area contributed by atoms with Crippen LogP contribution in [0.2, 0.25) is 0 Å². The van der Waals surface area contributed by atoms with E-state index < -0.39 is 0 Å². The Kier molecular flexibility index (Phi) is 2.73. The van der Waals surface area contributed by atoms with Gasteiger partial charge < -0.3 is 19.8 Å². The summed E-state index contributed by atoms with van der Waals surface area (Å²) in [4.78, 5) is 11.3. The van der Waals surface area contributed by atoms with Crippen molar-refractivity contribution in [3.63, 3.8) is 0 Å². The molecule has 0 aromatic carbocycles. The van der Waals surface area contributed by atoms with Crippen molar-refractivity contribution < 1.29 is 13.9 Å². The second-order valence-electron chi connectivity index (χ2n) is 3.22. The molecule has 0 spiro atoms. The number of urea groups is 1. The molecule has 5 nitrogen and oxygen atoms in total. The van der Waals surface area contributed by atoms with Crippen LogP contribution in [0.5, 0.6) is 0 Å². The van der Waals surface area contributed by atoms with Crippen LogP contribution in [0.25, 0.3) is 0 Å². The summed E-state index contributed by atoms with van der Waals surface area (Å²) in [7, 11) is 1.58. The molecule has 1 aromatic heterocycles. The van der Waals surface area contributed by atoms with Gasteiger partial charge in [0.05, 0.1) is 12.9 Å². The van der Waals surface area contributed by atoms with Crippen molar-refractivity contribution in [1.29, 1.82) is 0 Å². The molecule has 1 atom stereocenters. The molecule has 0 radical (unpaired) electrons.